The summed E-state index contributed by atoms with van der Waals surface area (Å²) in [6.07, 6.45) is 8.47. The zero-order chi connectivity index (χ0) is 31.0. The van der Waals surface area contributed by atoms with Crippen molar-refractivity contribution in [1.29, 1.82) is 0 Å². The van der Waals surface area contributed by atoms with E-state index in [0.29, 0.717) is 23.4 Å². The van der Waals surface area contributed by atoms with Crippen molar-refractivity contribution < 1.29 is 9.59 Å². The molecular formula is C44H35NO2. The van der Waals surface area contributed by atoms with Gasteiger partial charge >= 0.3 is 0 Å². The van der Waals surface area contributed by atoms with E-state index in [1.54, 1.807) is 0 Å². The second-order valence-corrected chi connectivity index (χ2v) is 14.9. The van der Waals surface area contributed by atoms with Crippen LogP contribution in [-0.4, -0.2) is 16.0 Å². The summed E-state index contributed by atoms with van der Waals surface area (Å²) in [6.45, 7) is 0. The van der Waals surface area contributed by atoms with E-state index in [1.165, 1.54) is 60.4 Å². The summed E-state index contributed by atoms with van der Waals surface area (Å²) < 4.78 is 2.40. The molecule has 3 nitrogen and oxygen atoms in total. The molecule has 0 N–H and O–H groups in total. The Hall–Kier alpha value is -4.76. The van der Waals surface area contributed by atoms with Gasteiger partial charge in [0.1, 0.15) is 0 Å². The average Bonchev–Trinajstić information content (AvgIpc) is 3.44. The number of benzene rings is 5. The smallest absolute Gasteiger partial charge is 0.166 e. The van der Waals surface area contributed by atoms with Gasteiger partial charge in [0.15, 0.2) is 11.6 Å². The third kappa shape index (κ3) is 3.58. The summed E-state index contributed by atoms with van der Waals surface area (Å²) in [4.78, 5) is 27.8. The van der Waals surface area contributed by atoms with Gasteiger partial charge in [-0.15, -0.1) is 0 Å². The maximum atomic E-state index is 13.9. The maximum absolute atomic E-state index is 13.9. The average molecular weight is 610 g/mol. The summed E-state index contributed by atoms with van der Waals surface area (Å²) in [6, 6.07) is 33.5. The van der Waals surface area contributed by atoms with Crippen molar-refractivity contribution in [3.8, 4) is 22.3 Å². The SMILES string of the molecule is O=C1c2cc3c(cc2C2CCC1CC2)c1cc(-c2ccc(-c4ccccc4)cc2)cc2c4cc5c(cc4n3c12)C(=O)C1CCC5CC1. The summed E-state index contributed by atoms with van der Waals surface area (Å²) in [5.74, 6) is 1.92. The van der Waals surface area contributed by atoms with Crippen molar-refractivity contribution in [3.63, 3.8) is 0 Å². The van der Waals surface area contributed by atoms with Gasteiger partial charge in [-0.1, -0.05) is 54.6 Å². The summed E-state index contributed by atoms with van der Waals surface area (Å²) in [7, 11) is 0. The van der Waals surface area contributed by atoms with Crippen LogP contribution in [-0.2, 0) is 0 Å². The number of ketones is 2. The fourth-order valence-corrected chi connectivity index (χ4v) is 10.2. The minimum absolute atomic E-state index is 0.157. The highest BCUT2D eigenvalue weighted by Gasteiger charge is 2.38. The lowest BCUT2D eigenvalue weighted by Crippen LogP contribution is -2.15. The second-order valence-electron chi connectivity index (χ2n) is 14.9. The van der Waals surface area contributed by atoms with E-state index in [0.717, 1.165) is 73.5 Å². The van der Waals surface area contributed by atoms with Gasteiger partial charge in [0.05, 0.1) is 16.6 Å². The predicted octanol–water partition coefficient (Wildman–Crippen LogP) is 11.1. The molecule has 0 amide bonds. The van der Waals surface area contributed by atoms with E-state index < -0.39 is 0 Å². The molecular weight excluding hydrogens is 574 g/mol. The normalized spacial score (nSPS) is 23.6. The third-order valence-electron chi connectivity index (χ3n) is 12.7. The first kappa shape index (κ1) is 26.3. The molecule has 6 aliphatic rings. The number of Topliss-reactive ketones (excluding diaryl/α,β-unsaturated/α-hetero) is 2. The lowest BCUT2D eigenvalue weighted by atomic mass is 9.82. The van der Waals surface area contributed by atoms with Crippen LogP contribution in [0.25, 0.3) is 60.3 Å². The molecule has 2 aromatic heterocycles. The number of rotatable bonds is 2. The molecule has 2 heterocycles. The number of nitrogens with zero attached hydrogens (tertiary/aromatic N) is 1. The van der Waals surface area contributed by atoms with Crippen molar-refractivity contribution in [2.24, 2.45) is 11.8 Å². The molecule has 0 radical (unpaired) electrons. The molecule has 7 aromatic rings. The molecule has 13 rings (SSSR count). The Bertz CT molecular complexity index is 2320. The molecule has 6 aliphatic carbocycles. The topological polar surface area (TPSA) is 38.5 Å². The molecule has 47 heavy (non-hydrogen) atoms. The highest BCUT2D eigenvalue weighted by molar-refractivity contribution is 6.26. The Kier molecular flexibility index (Phi) is 5.27. The number of hydrogen-bond donors (Lipinski definition) is 0. The molecule has 0 unspecified atom stereocenters. The zero-order valence-corrected chi connectivity index (χ0v) is 26.4. The highest BCUT2D eigenvalue weighted by atomic mass is 16.1. The molecule has 228 valence electrons. The summed E-state index contributed by atoms with van der Waals surface area (Å²) >= 11 is 0. The standard InChI is InChI=1S/C44H35NO2/c46-43-29-14-10-27(11-15-29)32-20-34-36-18-31(26-8-6-25(7-9-26)24-4-2-1-3-5-24)19-37-35-21-33-28-12-16-30(17-13-28)44(47)39(33)23-41(35)45(42(36)37)40(34)22-38(32)43/h1-9,18-23,27-30H,10-17H2. The van der Waals surface area contributed by atoms with Crippen molar-refractivity contribution in [2.45, 2.75) is 63.2 Å². The van der Waals surface area contributed by atoms with Gasteiger partial charge in [0.2, 0.25) is 0 Å². The first-order chi connectivity index (χ1) is 23.1. The van der Waals surface area contributed by atoms with Gasteiger partial charge < -0.3 is 4.40 Å². The molecule has 5 aromatic carbocycles. The van der Waals surface area contributed by atoms with E-state index in [1.807, 2.05) is 0 Å². The number of carbonyl (C=O) groups is 2. The van der Waals surface area contributed by atoms with Crippen LogP contribution in [0.3, 0.4) is 0 Å². The van der Waals surface area contributed by atoms with Gasteiger partial charge in [-0.05, 0) is 133 Å². The van der Waals surface area contributed by atoms with Crippen LogP contribution >= 0.6 is 0 Å². The van der Waals surface area contributed by atoms with Crippen LogP contribution in [0.15, 0.2) is 91.0 Å². The van der Waals surface area contributed by atoms with Crippen LogP contribution in [0.5, 0.6) is 0 Å². The quantitative estimate of drug-likeness (QED) is 0.196. The van der Waals surface area contributed by atoms with Gasteiger partial charge in [0, 0.05) is 44.5 Å². The number of fused-ring (bicyclic) bond motifs is 10. The molecule has 0 spiro atoms. The van der Waals surface area contributed by atoms with Crippen LogP contribution < -0.4 is 0 Å². The lowest BCUT2D eigenvalue weighted by Gasteiger charge is -2.22. The molecule has 3 heteroatoms. The molecule has 4 bridgehead atoms. The number of carbonyl (C=O) groups excluding carboxylic acids is 2. The van der Waals surface area contributed by atoms with E-state index in [-0.39, 0.29) is 11.8 Å². The fourth-order valence-electron chi connectivity index (χ4n) is 10.2. The van der Waals surface area contributed by atoms with E-state index in [4.69, 9.17) is 0 Å². The minimum atomic E-state index is 0.157. The van der Waals surface area contributed by atoms with Crippen molar-refractivity contribution >= 4 is 49.7 Å². The van der Waals surface area contributed by atoms with Crippen molar-refractivity contribution in [2.75, 3.05) is 0 Å². The van der Waals surface area contributed by atoms with Gasteiger partial charge in [0.25, 0.3) is 0 Å². The minimum Gasteiger partial charge on any atom is -0.308 e. The molecule has 2 saturated carbocycles. The summed E-state index contributed by atoms with van der Waals surface area (Å²) in [5, 5.41) is 4.95. The van der Waals surface area contributed by atoms with Crippen LogP contribution in [0, 0.1) is 11.8 Å². The molecule has 0 saturated heterocycles. The Morgan fingerprint density at radius 3 is 1.34 bits per heavy atom. The monoisotopic (exact) mass is 609 g/mol. The Morgan fingerprint density at radius 2 is 0.851 bits per heavy atom. The van der Waals surface area contributed by atoms with Crippen LogP contribution in [0.2, 0.25) is 0 Å². The van der Waals surface area contributed by atoms with Crippen LogP contribution in [0.4, 0.5) is 0 Å². The maximum Gasteiger partial charge on any atom is 0.166 e. The predicted molar refractivity (Wildman–Crippen MR) is 190 cm³/mol. The molecule has 0 aliphatic heterocycles. The van der Waals surface area contributed by atoms with E-state index in [2.05, 4.69) is 95.4 Å². The second kappa shape index (κ2) is 9.41. The first-order valence-electron chi connectivity index (χ1n) is 17.7. The molecule has 2 fully saturated rings. The van der Waals surface area contributed by atoms with Gasteiger partial charge in [-0.3, -0.25) is 9.59 Å². The zero-order valence-electron chi connectivity index (χ0n) is 26.4. The van der Waals surface area contributed by atoms with Gasteiger partial charge in [-0.2, -0.15) is 0 Å². The fraction of sp³-hybridized carbons (Fsp3) is 0.273. The highest BCUT2D eigenvalue weighted by Crippen LogP contribution is 2.50. The van der Waals surface area contributed by atoms with Crippen molar-refractivity contribution in [3.05, 3.63) is 113 Å². The Morgan fingerprint density at radius 1 is 0.426 bits per heavy atom. The lowest BCUT2D eigenvalue weighted by molar-refractivity contribution is 0.0891. The third-order valence-corrected chi connectivity index (χ3v) is 12.7. The van der Waals surface area contributed by atoms with Crippen LogP contribution in [0.1, 0.15) is 95.0 Å². The Labute approximate surface area is 273 Å². The number of hydrogen-bond acceptors (Lipinski definition) is 2. The van der Waals surface area contributed by atoms with Gasteiger partial charge in [-0.25, -0.2) is 0 Å². The molecule has 0 atom stereocenters. The Balaban J connectivity index is 1.22. The largest absolute Gasteiger partial charge is 0.308 e. The number of aromatic nitrogens is 1. The van der Waals surface area contributed by atoms with E-state index >= 15 is 0 Å². The summed E-state index contributed by atoms with van der Waals surface area (Å²) in [5.41, 5.74) is 12.7. The first-order valence-corrected chi connectivity index (χ1v) is 17.7. The van der Waals surface area contributed by atoms with Crippen molar-refractivity contribution in [1.82, 2.24) is 4.40 Å². The van der Waals surface area contributed by atoms with E-state index in [9.17, 15) is 9.59 Å².